The maximum atomic E-state index is 6.01. The largest absolute Gasteiger partial charge is 0.381 e. The van der Waals surface area contributed by atoms with Gasteiger partial charge in [0.2, 0.25) is 0 Å². The summed E-state index contributed by atoms with van der Waals surface area (Å²) < 4.78 is 0. The van der Waals surface area contributed by atoms with Crippen molar-refractivity contribution in [2.45, 2.75) is 32.7 Å². The Balaban J connectivity index is 1.98. The van der Waals surface area contributed by atoms with Gasteiger partial charge in [-0.2, -0.15) is 0 Å². The van der Waals surface area contributed by atoms with Crippen molar-refractivity contribution in [1.82, 2.24) is 0 Å². The molecule has 20 heavy (non-hydrogen) atoms. The van der Waals surface area contributed by atoms with Gasteiger partial charge in [-0.1, -0.05) is 55.2 Å². The van der Waals surface area contributed by atoms with E-state index in [2.05, 4.69) is 43.4 Å². The van der Waals surface area contributed by atoms with E-state index in [4.69, 9.17) is 23.2 Å². The molecule has 0 heterocycles. The third kappa shape index (κ3) is 3.91. The summed E-state index contributed by atoms with van der Waals surface area (Å²) in [7, 11) is 0. The molecule has 0 bridgehead atoms. The second-order valence-corrected chi connectivity index (χ2v) is 5.85. The maximum Gasteiger partial charge on any atom is 0.0595 e. The van der Waals surface area contributed by atoms with Crippen LogP contribution in [0, 0.1) is 0 Å². The molecule has 1 N–H and O–H groups in total. The lowest BCUT2D eigenvalue weighted by atomic mass is 9.99. The molecule has 0 radical (unpaired) electrons. The van der Waals surface area contributed by atoms with E-state index >= 15 is 0 Å². The molecule has 1 atom stereocenters. The van der Waals surface area contributed by atoms with Crippen molar-refractivity contribution >= 4 is 28.9 Å². The van der Waals surface area contributed by atoms with Gasteiger partial charge in [0.25, 0.3) is 0 Å². The minimum absolute atomic E-state index is 0.591. The first-order chi connectivity index (χ1) is 9.60. The first-order valence-electron chi connectivity index (χ1n) is 6.88. The fourth-order valence-corrected chi connectivity index (χ4v) is 2.34. The first kappa shape index (κ1) is 15.2. The number of hydrogen-bond donors (Lipinski definition) is 1. The van der Waals surface area contributed by atoms with Gasteiger partial charge in [0.05, 0.1) is 10.0 Å². The molecule has 2 aromatic carbocycles. The van der Waals surface area contributed by atoms with E-state index in [1.807, 2.05) is 18.2 Å². The Morgan fingerprint density at radius 3 is 2.30 bits per heavy atom. The summed E-state index contributed by atoms with van der Waals surface area (Å²) in [4.78, 5) is 0. The van der Waals surface area contributed by atoms with Gasteiger partial charge in [-0.05, 0) is 47.7 Å². The summed E-state index contributed by atoms with van der Waals surface area (Å²) in [6.45, 7) is 5.19. The maximum absolute atomic E-state index is 6.01. The van der Waals surface area contributed by atoms with Crippen LogP contribution in [0.15, 0.2) is 42.5 Å². The number of nitrogens with one attached hydrogen (secondary N) is 1. The van der Waals surface area contributed by atoms with Gasteiger partial charge >= 0.3 is 0 Å². The molecule has 0 aromatic heterocycles. The summed E-state index contributed by atoms with van der Waals surface area (Å²) in [5.41, 5.74) is 3.61. The monoisotopic (exact) mass is 307 g/mol. The topological polar surface area (TPSA) is 12.0 Å². The Morgan fingerprint density at radius 2 is 1.70 bits per heavy atom. The molecule has 106 valence electrons. The fraction of sp³-hybridized carbons (Fsp3) is 0.294. The summed E-state index contributed by atoms with van der Waals surface area (Å²) in [5, 5.41) is 4.58. The standard InChI is InChI=1S/C17H19Cl2N/c1-3-12(2)14-5-7-15(8-6-14)20-11-13-4-9-16(18)17(19)10-13/h4-10,12,20H,3,11H2,1-2H3. The van der Waals surface area contributed by atoms with Crippen LogP contribution < -0.4 is 5.32 Å². The second kappa shape index (κ2) is 7.01. The van der Waals surface area contributed by atoms with Crippen LogP contribution >= 0.6 is 23.2 Å². The minimum atomic E-state index is 0.591. The smallest absolute Gasteiger partial charge is 0.0595 e. The zero-order chi connectivity index (χ0) is 14.5. The van der Waals surface area contributed by atoms with E-state index < -0.39 is 0 Å². The van der Waals surface area contributed by atoms with Crippen LogP contribution in [-0.2, 0) is 6.54 Å². The molecular formula is C17H19Cl2N. The zero-order valence-corrected chi connectivity index (χ0v) is 13.3. The number of anilines is 1. The number of halogens is 2. The Labute approximate surface area is 130 Å². The van der Waals surface area contributed by atoms with Crippen LogP contribution in [0.25, 0.3) is 0 Å². The van der Waals surface area contributed by atoms with Crippen molar-refractivity contribution in [3.63, 3.8) is 0 Å². The molecule has 3 heteroatoms. The van der Waals surface area contributed by atoms with Gasteiger partial charge in [-0.3, -0.25) is 0 Å². The molecule has 0 amide bonds. The second-order valence-electron chi connectivity index (χ2n) is 5.03. The van der Waals surface area contributed by atoms with Crippen LogP contribution in [0.5, 0.6) is 0 Å². The van der Waals surface area contributed by atoms with Crippen molar-refractivity contribution in [3.05, 3.63) is 63.6 Å². The Morgan fingerprint density at radius 1 is 1.00 bits per heavy atom. The van der Waals surface area contributed by atoms with E-state index in [0.29, 0.717) is 16.0 Å². The average Bonchev–Trinajstić information content (AvgIpc) is 2.48. The van der Waals surface area contributed by atoms with E-state index in [-0.39, 0.29) is 0 Å². The third-order valence-electron chi connectivity index (χ3n) is 3.57. The lowest BCUT2D eigenvalue weighted by Gasteiger charge is -2.11. The Kier molecular flexibility index (Phi) is 5.33. The lowest BCUT2D eigenvalue weighted by Crippen LogP contribution is -2.00. The Bertz CT molecular complexity index is 564. The highest BCUT2D eigenvalue weighted by molar-refractivity contribution is 6.42. The van der Waals surface area contributed by atoms with Crippen LogP contribution in [0.1, 0.15) is 37.3 Å². The number of hydrogen-bond acceptors (Lipinski definition) is 1. The average molecular weight is 308 g/mol. The van der Waals surface area contributed by atoms with Crippen molar-refractivity contribution in [2.24, 2.45) is 0 Å². The molecule has 0 aliphatic carbocycles. The molecule has 0 saturated heterocycles. The summed E-state index contributed by atoms with van der Waals surface area (Å²) in [6, 6.07) is 14.3. The van der Waals surface area contributed by atoms with E-state index in [1.165, 1.54) is 5.56 Å². The summed E-state index contributed by atoms with van der Waals surface area (Å²) in [6.07, 6.45) is 1.16. The molecule has 1 nitrogen and oxygen atoms in total. The van der Waals surface area contributed by atoms with Gasteiger partial charge in [0, 0.05) is 12.2 Å². The van der Waals surface area contributed by atoms with Crippen LogP contribution in [0.4, 0.5) is 5.69 Å². The van der Waals surface area contributed by atoms with E-state index in [1.54, 1.807) is 0 Å². The molecule has 1 unspecified atom stereocenters. The highest BCUT2D eigenvalue weighted by atomic mass is 35.5. The van der Waals surface area contributed by atoms with E-state index in [0.717, 1.165) is 24.2 Å². The normalized spacial score (nSPS) is 12.2. The molecule has 0 saturated carbocycles. The molecule has 0 aliphatic rings. The third-order valence-corrected chi connectivity index (χ3v) is 4.31. The predicted octanol–water partition coefficient (Wildman–Crippen LogP) is 6.12. The van der Waals surface area contributed by atoms with Crippen LogP contribution in [0.2, 0.25) is 10.0 Å². The van der Waals surface area contributed by atoms with Gasteiger partial charge in [-0.15, -0.1) is 0 Å². The Hall–Kier alpha value is -1.18. The molecule has 0 aliphatic heterocycles. The van der Waals surface area contributed by atoms with Crippen molar-refractivity contribution in [2.75, 3.05) is 5.32 Å². The summed E-state index contributed by atoms with van der Waals surface area (Å²) >= 11 is 11.9. The molecule has 2 rings (SSSR count). The van der Waals surface area contributed by atoms with E-state index in [9.17, 15) is 0 Å². The zero-order valence-electron chi connectivity index (χ0n) is 11.8. The molecule has 0 fully saturated rings. The quantitative estimate of drug-likeness (QED) is 0.701. The lowest BCUT2D eigenvalue weighted by molar-refractivity contribution is 0.734. The summed E-state index contributed by atoms with van der Waals surface area (Å²) in [5.74, 6) is 0.610. The molecule has 2 aromatic rings. The highest BCUT2D eigenvalue weighted by Crippen LogP contribution is 2.24. The number of benzene rings is 2. The predicted molar refractivity (Wildman–Crippen MR) is 88.9 cm³/mol. The van der Waals surface area contributed by atoms with Crippen LogP contribution in [0.3, 0.4) is 0 Å². The number of rotatable bonds is 5. The van der Waals surface area contributed by atoms with Crippen molar-refractivity contribution in [3.8, 4) is 0 Å². The highest BCUT2D eigenvalue weighted by Gasteiger charge is 2.03. The van der Waals surface area contributed by atoms with Gasteiger partial charge < -0.3 is 5.32 Å². The van der Waals surface area contributed by atoms with Gasteiger partial charge in [-0.25, -0.2) is 0 Å². The first-order valence-corrected chi connectivity index (χ1v) is 7.63. The fourth-order valence-electron chi connectivity index (χ4n) is 2.02. The van der Waals surface area contributed by atoms with Crippen molar-refractivity contribution in [1.29, 1.82) is 0 Å². The minimum Gasteiger partial charge on any atom is -0.381 e. The molecule has 0 spiro atoms. The van der Waals surface area contributed by atoms with Gasteiger partial charge in [0.1, 0.15) is 0 Å². The van der Waals surface area contributed by atoms with Gasteiger partial charge in [0.15, 0.2) is 0 Å². The van der Waals surface area contributed by atoms with Crippen molar-refractivity contribution < 1.29 is 0 Å². The SMILES string of the molecule is CCC(C)c1ccc(NCc2ccc(Cl)c(Cl)c2)cc1. The van der Waals surface area contributed by atoms with Crippen LogP contribution in [-0.4, -0.2) is 0 Å². The molecular weight excluding hydrogens is 289 g/mol.